The minimum atomic E-state index is -3.93. The first-order chi connectivity index (χ1) is 10.4. The number of sulfonamides is 1. The molecule has 1 saturated heterocycles. The lowest BCUT2D eigenvalue weighted by molar-refractivity contribution is -0.134. The van der Waals surface area contributed by atoms with Crippen LogP contribution in [0.2, 0.25) is 0 Å². The number of methoxy groups -OCH3 is 1. The largest absolute Gasteiger partial charge is 0.507 e. The highest BCUT2D eigenvalue weighted by atomic mass is 32.2. The van der Waals surface area contributed by atoms with Gasteiger partial charge >= 0.3 is 0 Å². The first-order valence-electron chi connectivity index (χ1n) is 7.10. The van der Waals surface area contributed by atoms with Gasteiger partial charge in [-0.05, 0) is 25.0 Å². The minimum Gasteiger partial charge on any atom is -0.507 e. The first kappa shape index (κ1) is 15.1. The third-order valence-corrected chi connectivity index (χ3v) is 5.87. The summed E-state index contributed by atoms with van der Waals surface area (Å²) in [6.45, 7) is 0.449. The van der Waals surface area contributed by atoms with Crippen molar-refractivity contribution < 1.29 is 23.1 Å². The van der Waals surface area contributed by atoms with Gasteiger partial charge in [0.05, 0.1) is 13.7 Å². The second-order valence-corrected chi connectivity index (χ2v) is 7.40. The maximum Gasteiger partial charge on any atom is 0.247 e. The third-order valence-electron chi connectivity index (χ3n) is 3.99. The van der Waals surface area contributed by atoms with Crippen LogP contribution >= 0.6 is 0 Å². The first-order valence-corrected chi connectivity index (χ1v) is 8.54. The topological polar surface area (TPSA) is 87.2 Å². The Morgan fingerprint density at radius 2 is 2.00 bits per heavy atom. The van der Waals surface area contributed by atoms with Crippen LogP contribution in [0.25, 0.3) is 0 Å². The monoisotopic (exact) mass is 326 g/mol. The molecule has 1 heterocycles. The van der Waals surface area contributed by atoms with Crippen molar-refractivity contribution in [3.05, 3.63) is 18.2 Å². The van der Waals surface area contributed by atoms with Crippen LogP contribution in [0, 0.1) is 0 Å². The third kappa shape index (κ3) is 2.64. The van der Waals surface area contributed by atoms with Crippen molar-refractivity contribution in [2.45, 2.75) is 23.8 Å². The van der Waals surface area contributed by atoms with E-state index in [-0.39, 0.29) is 35.7 Å². The second-order valence-electron chi connectivity index (χ2n) is 5.49. The molecule has 2 aliphatic rings. The summed E-state index contributed by atoms with van der Waals surface area (Å²) >= 11 is 0. The number of rotatable bonds is 4. The Bertz CT molecular complexity index is 699. The summed E-state index contributed by atoms with van der Waals surface area (Å²) in [4.78, 5) is 13.6. The van der Waals surface area contributed by atoms with Crippen LogP contribution in [0.4, 0.5) is 0 Å². The molecule has 1 aromatic rings. The second kappa shape index (κ2) is 5.44. The van der Waals surface area contributed by atoms with E-state index >= 15 is 0 Å². The van der Waals surface area contributed by atoms with E-state index in [9.17, 15) is 18.3 Å². The van der Waals surface area contributed by atoms with E-state index in [1.165, 1.54) is 25.3 Å². The number of ether oxygens (including phenoxy) is 1. The fourth-order valence-corrected chi connectivity index (χ4v) is 4.09. The summed E-state index contributed by atoms with van der Waals surface area (Å²) in [5.74, 6) is -0.197. The van der Waals surface area contributed by atoms with Gasteiger partial charge in [-0.1, -0.05) is 0 Å². The zero-order valence-corrected chi connectivity index (χ0v) is 13.0. The maximum absolute atomic E-state index is 12.7. The Labute approximate surface area is 129 Å². The van der Waals surface area contributed by atoms with Gasteiger partial charge in [0.25, 0.3) is 0 Å². The molecule has 1 aliphatic heterocycles. The van der Waals surface area contributed by atoms with Crippen LogP contribution in [0.3, 0.4) is 0 Å². The Hall–Kier alpha value is -1.80. The SMILES string of the molecule is COc1ccc(O)c(S(=O)(=O)N2CCN(C3CC3)C(=O)C2)c1. The number of aromatic hydroxyl groups is 1. The van der Waals surface area contributed by atoms with Crippen LogP contribution in [-0.2, 0) is 14.8 Å². The molecule has 0 bridgehead atoms. The van der Waals surface area contributed by atoms with Crippen molar-refractivity contribution in [3.63, 3.8) is 0 Å². The summed E-state index contributed by atoms with van der Waals surface area (Å²) in [6, 6.07) is 4.29. The van der Waals surface area contributed by atoms with Crippen molar-refractivity contribution in [3.8, 4) is 11.5 Å². The van der Waals surface area contributed by atoms with E-state index in [0.717, 1.165) is 17.1 Å². The summed E-state index contributed by atoms with van der Waals surface area (Å²) in [5, 5.41) is 9.86. The van der Waals surface area contributed by atoms with Crippen LogP contribution in [-0.4, -0.2) is 61.4 Å². The van der Waals surface area contributed by atoms with E-state index in [0.29, 0.717) is 12.3 Å². The van der Waals surface area contributed by atoms with Gasteiger partial charge in [-0.2, -0.15) is 4.31 Å². The standard InChI is InChI=1S/C14H18N2O5S/c1-21-11-4-5-12(17)13(8-11)22(19,20)15-6-7-16(10-2-3-10)14(18)9-15/h4-5,8,10,17H,2-3,6-7,9H2,1H3. The number of phenolic OH excluding ortho intramolecular Hbond substituents is 1. The van der Waals surface area contributed by atoms with Gasteiger partial charge in [0, 0.05) is 25.2 Å². The van der Waals surface area contributed by atoms with Gasteiger partial charge in [-0.25, -0.2) is 8.42 Å². The lowest BCUT2D eigenvalue weighted by Gasteiger charge is -2.33. The van der Waals surface area contributed by atoms with Crippen LogP contribution < -0.4 is 4.74 Å². The van der Waals surface area contributed by atoms with Crippen molar-refractivity contribution in [2.24, 2.45) is 0 Å². The predicted molar refractivity (Wildman–Crippen MR) is 78.2 cm³/mol. The van der Waals surface area contributed by atoms with E-state index < -0.39 is 10.0 Å². The highest BCUT2D eigenvalue weighted by molar-refractivity contribution is 7.89. The molecule has 1 N–H and O–H groups in total. The maximum atomic E-state index is 12.7. The van der Waals surface area contributed by atoms with E-state index in [1.807, 2.05) is 0 Å². The molecule has 7 nitrogen and oxygen atoms in total. The van der Waals surface area contributed by atoms with Crippen LogP contribution in [0.5, 0.6) is 11.5 Å². The Morgan fingerprint density at radius 1 is 1.27 bits per heavy atom. The van der Waals surface area contributed by atoms with E-state index in [2.05, 4.69) is 0 Å². The zero-order valence-electron chi connectivity index (χ0n) is 12.2. The molecule has 0 unspecified atom stereocenters. The molecule has 1 saturated carbocycles. The molecule has 2 fully saturated rings. The van der Waals surface area contributed by atoms with Gasteiger partial charge in [0.2, 0.25) is 15.9 Å². The molecular weight excluding hydrogens is 308 g/mol. The summed E-state index contributed by atoms with van der Waals surface area (Å²) in [5.41, 5.74) is 0. The average Bonchev–Trinajstić information content (AvgIpc) is 3.32. The van der Waals surface area contributed by atoms with Gasteiger partial charge in [-0.3, -0.25) is 4.79 Å². The zero-order chi connectivity index (χ0) is 15.9. The smallest absolute Gasteiger partial charge is 0.247 e. The number of hydrogen-bond donors (Lipinski definition) is 1. The van der Waals surface area contributed by atoms with Crippen LogP contribution in [0.1, 0.15) is 12.8 Å². The fraction of sp³-hybridized carbons (Fsp3) is 0.500. The van der Waals surface area contributed by atoms with Crippen molar-refractivity contribution >= 4 is 15.9 Å². The lowest BCUT2D eigenvalue weighted by atomic mass is 10.3. The summed E-state index contributed by atoms with van der Waals surface area (Å²) < 4.78 is 31.4. The molecule has 0 spiro atoms. The predicted octanol–water partition coefficient (Wildman–Crippen LogP) is 0.396. The molecule has 0 aromatic heterocycles. The Balaban J connectivity index is 1.85. The molecule has 22 heavy (non-hydrogen) atoms. The molecule has 0 atom stereocenters. The number of benzene rings is 1. The lowest BCUT2D eigenvalue weighted by Crippen LogP contribution is -2.52. The van der Waals surface area contributed by atoms with Crippen molar-refractivity contribution in [2.75, 3.05) is 26.7 Å². The van der Waals surface area contributed by atoms with Crippen LogP contribution in [0.15, 0.2) is 23.1 Å². The molecule has 1 aromatic carbocycles. The minimum absolute atomic E-state index is 0.181. The molecule has 0 radical (unpaired) electrons. The quantitative estimate of drug-likeness (QED) is 0.865. The highest BCUT2D eigenvalue weighted by Crippen LogP contribution is 2.32. The molecule has 8 heteroatoms. The molecule has 3 rings (SSSR count). The molecule has 1 aliphatic carbocycles. The Kier molecular flexibility index (Phi) is 3.73. The van der Waals surface area contributed by atoms with Gasteiger partial charge in [0.1, 0.15) is 16.4 Å². The molecule has 1 amide bonds. The molecule has 120 valence electrons. The number of piperazine rings is 1. The normalized spacial score (nSPS) is 20.2. The van der Waals surface area contributed by atoms with Gasteiger partial charge < -0.3 is 14.7 Å². The van der Waals surface area contributed by atoms with Crippen molar-refractivity contribution in [1.29, 1.82) is 0 Å². The van der Waals surface area contributed by atoms with Gasteiger partial charge in [-0.15, -0.1) is 0 Å². The number of nitrogens with zero attached hydrogens (tertiary/aromatic N) is 2. The fourth-order valence-electron chi connectivity index (χ4n) is 2.61. The Morgan fingerprint density at radius 3 is 2.59 bits per heavy atom. The summed E-state index contributed by atoms with van der Waals surface area (Å²) in [7, 11) is -2.51. The number of phenols is 1. The van der Waals surface area contributed by atoms with Crippen molar-refractivity contribution in [1.82, 2.24) is 9.21 Å². The highest BCUT2D eigenvalue weighted by Gasteiger charge is 2.39. The number of carbonyl (C=O) groups is 1. The average molecular weight is 326 g/mol. The summed E-state index contributed by atoms with van der Waals surface area (Å²) in [6.07, 6.45) is 1.99. The van der Waals surface area contributed by atoms with Gasteiger partial charge in [0.15, 0.2) is 0 Å². The molecular formula is C14H18N2O5S. The van der Waals surface area contributed by atoms with E-state index in [1.54, 1.807) is 4.90 Å². The number of carbonyl (C=O) groups excluding carboxylic acids is 1. The van der Waals surface area contributed by atoms with E-state index in [4.69, 9.17) is 4.74 Å². The number of hydrogen-bond acceptors (Lipinski definition) is 5. The number of amides is 1.